The number of carbonyl (C=O) groups is 1. The number of para-hydroxylation sites is 1. The van der Waals surface area contributed by atoms with Crippen LogP contribution in [0, 0.1) is 0 Å². The Balaban J connectivity index is 1.47. The highest BCUT2D eigenvalue weighted by Gasteiger charge is 2.34. The van der Waals surface area contributed by atoms with E-state index in [4.69, 9.17) is 4.42 Å². The molecule has 156 valence electrons. The van der Waals surface area contributed by atoms with Gasteiger partial charge in [-0.05, 0) is 55.0 Å². The van der Waals surface area contributed by atoms with Crippen molar-refractivity contribution >= 4 is 23.4 Å². The van der Waals surface area contributed by atoms with Crippen LogP contribution in [-0.2, 0) is 16.6 Å². The number of fused-ring (bicyclic) bond motifs is 1. The van der Waals surface area contributed by atoms with E-state index in [0.717, 1.165) is 17.7 Å². The largest absolute Gasteiger partial charge is 0.411 e. The number of hydrogen-bond acceptors (Lipinski definition) is 5. The van der Waals surface area contributed by atoms with Crippen LogP contribution in [0.3, 0.4) is 0 Å². The molecule has 1 aliphatic heterocycles. The summed E-state index contributed by atoms with van der Waals surface area (Å²) < 4.78 is 5.84. The van der Waals surface area contributed by atoms with Crippen LogP contribution < -0.4 is 4.90 Å². The first kappa shape index (κ1) is 20.7. The third kappa shape index (κ3) is 4.01. The van der Waals surface area contributed by atoms with Crippen molar-refractivity contribution in [2.24, 2.45) is 0 Å². The van der Waals surface area contributed by atoms with Crippen LogP contribution >= 0.6 is 11.8 Å². The van der Waals surface area contributed by atoms with Crippen molar-refractivity contribution in [2.45, 2.75) is 63.0 Å². The molecular weight excluding hydrogens is 394 g/mol. The van der Waals surface area contributed by atoms with E-state index in [1.165, 1.54) is 22.9 Å². The molecule has 2 aromatic carbocycles. The molecule has 1 aliphatic rings. The van der Waals surface area contributed by atoms with Crippen LogP contribution in [0.4, 0.5) is 5.69 Å². The molecule has 4 rings (SSSR count). The quantitative estimate of drug-likeness (QED) is 0.521. The minimum Gasteiger partial charge on any atom is -0.411 e. The first-order valence-electron chi connectivity index (χ1n) is 10.3. The molecule has 0 spiro atoms. The minimum atomic E-state index is -0.324. The van der Waals surface area contributed by atoms with E-state index in [2.05, 4.69) is 56.1 Å². The van der Waals surface area contributed by atoms with Gasteiger partial charge in [-0.3, -0.25) is 4.79 Å². The maximum Gasteiger partial charge on any atom is 0.277 e. The first-order chi connectivity index (χ1) is 14.2. The predicted molar refractivity (Wildman–Crippen MR) is 121 cm³/mol. The molecule has 0 aliphatic carbocycles. The number of amides is 1. The number of carbonyl (C=O) groups excluding carboxylic acids is 1. The summed E-state index contributed by atoms with van der Waals surface area (Å²) in [5, 5.41) is 8.41. The van der Waals surface area contributed by atoms with Gasteiger partial charge in [-0.25, -0.2) is 0 Å². The van der Waals surface area contributed by atoms with Gasteiger partial charge >= 0.3 is 0 Å². The molecule has 1 aromatic heterocycles. The first-order valence-corrected chi connectivity index (χ1v) is 11.1. The Labute approximate surface area is 181 Å². The highest BCUT2D eigenvalue weighted by molar-refractivity contribution is 8.00. The predicted octanol–water partition coefficient (Wildman–Crippen LogP) is 5.49. The monoisotopic (exact) mass is 421 g/mol. The summed E-state index contributed by atoms with van der Waals surface area (Å²) in [6.07, 6.45) is 0.883. The van der Waals surface area contributed by atoms with Gasteiger partial charge in [0.25, 0.3) is 5.22 Å². The van der Waals surface area contributed by atoms with Gasteiger partial charge < -0.3 is 9.32 Å². The maximum absolute atomic E-state index is 13.1. The molecule has 2 heterocycles. The number of rotatable bonds is 4. The Morgan fingerprint density at radius 3 is 2.53 bits per heavy atom. The summed E-state index contributed by atoms with van der Waals surface area (Å²) in [5.41, 5.74) is 4.44. The molecule has 0 bridgehead atoms. The molecule has 0 unspecified atom stereocenters. The average molecular weight is 422 g/mol. The summed E-state index contributed by atoms with van der Waals surface area (Å²) in [6, 6.07) is 16.4. The van der Waals surface area contributed by atoms with Crippen molar-refractivity contribution in [1.82, 2.24) is 10.2 Å². The fourth-order valence-electron chi connectivity index (χ4n) is 3.79. The van der Waals surface area contributed by atoms with Gasteiger partial charge in [0.1, 0.15) is 0 Å². The number of aromatic nitrogens is 2. The van der Waals surface area contributed by atoms with E-state index in [-0.39, 0.29) is 22.6 Å². The Bertz CT molecular complexity index is 1050. The van der Waals surface area contributed by atoms with Crippen molar-refractivity contribution in [2.75, 3.05) is 4.90 Å². The number of hydrogen-bond donors (Lipinski definition) is 0. The normalized spacial score (nSPS) is 17.1. The van der Waals surface area contributed by atoms with Gasteiger partial charge in [0.05, 0.1) is 5.25 Å². The van der Waals surface area contributed by atoms with Crippen LogP contribution in [-0.4, -0.2) is 27.4 Å². The summed E-state index contributed by atoms with van der Waals surface area (Å²) >= 11 is 1.31. The second-order valence-corrected chi connectivity index (χ2v) is 10.1. The summed E-state index contributed by atoms with van der Waals surface area (Å²) in [5.74, 6) is 0.532. The Morgan fingerprint density at radius 2 is 1.83 bits per heavy atom. The molecule has 2 atom stereocenters. The smallest absolute Gasteiger partial charge is 0.277 e. The van der Waals surface area contributed by atoms with Crippen LogP contribution in [0.2, 0.25) is 0 Å². The van der Waals surface area contributed by atoms with Crippen LogP contribution in [0.15, 0.2) is 58.2 Å². The number of thioether (sulfide) groups is 1. The fourth-order valence-corrected chi connectivity index (χ4v) is 4.52. The summed E-state index contributed by atoms with van der Waals surface area (Å²) in [7, 11) is 0. The van der Waals surface area contributed by atoms with Crippen LogP contribution in [0.1, 0.15) is 45.7 Å². The minimum absolute atomic E-state index is 0.0618. The molecule has 3 aromatic rings. The van der Waals surface area contributed by atoms with Crippen LogP contribution in [0.25, 0.3) is 11.5 Å². The second kappa shape index (κ2) is 7.91. The highest BCUT2D eigenvalue weighted by atomic mass is 32.2. The van der Waals surface area contributed by atoms with E-state index >= 15 is 0 Å². The Morgan fingerprint density at radius 1 is 1.13 bits per heavy atom. The van der Waals surface area contributed by atoms with E-state index in [1.807, 2.05) is 42.2 Å². The number of nitrogens with zero attached hydrogens (tertiary/aromatic N) is 3. The van der Waals surface area contributed by atoms with E-state index in [0.29, 0.717) is 11.1 Å². The van der Waals surface area contributed by atoms with Crippen LogP contribution in [0.5, 0.6) is 0 Å². The number of anilines is 1. The van der Waals surface area contributed by atoms with Crippen molar-refractivity contribution in [1.29, 1.82) is 0 Å². The molecule has 0 radical (unpaired) electrons. The molecule has 0 N–H and O–H groups in total. The van der Waals surface area contributed by atoms with Gasteiger partial charge in [-0.15, -0.1) is 10.2 Å². The zero-order valence-electron chi connectivity index (χ0n) is 18.0. The van der Waals surface area contributed by atoms with Crippen molar-refractivity contribution in [3.63, 3.8) is 0 Å². The van der Waals surface area contributed by atoms with Crippen molar-refractivity contribution in [3.05, 3.63) is 59.7 Å². The van der Waals surface area contributed by atoms with E-state index < -0.39 is 0 Å². The average Bonchev–Trinajstić information content (AvgIpc) is 3.30. The third-order valence-electron chi connectivity index (χ3n) is 5.47. The van der Waals surface area contributed by atoms with E-state index in [9.17, 15) is 4.79 Å². The lowest BCUT2D eigenvalue weighted by Gasteiger charge is -2.25. The SMILES string of the molecule is C[C@H](Sc1nnc(-c2ccc(C(C)(C)C)cc2)o1)C(=O)N1c2ccccc2C[C@H]1C. The van der Waals surface area contributed by atoms with Crippen molar-refractivity contribution in [3.8, 4) is 11.5 Å². The zero-order chi connectivity index (χ0) is 21.5. The van der Waals surface area contributed by atoms with Gasteiger partial charge in [0, 0.05) is 17.3 Å². The maximum atomic E-state index is 13.1. The molecule has 0 saturated heterocycles. The summed E-state index contributed by atoms with van der Waals surface area (Å²) in [4.78, 5) is 15.0. The van der Waals surface area contributed by atoms with Gasteiger partial charge in [0.2, 0.25) is 11.8 Å². The standard InChI is InChI=1S/C24H27N3O2S/c1-15-14-18-8-6-7-9-20(18)27(15)22(28)16(2)30-23-26-25-21(29-23)17-10-12-19(13-11-17)24(3,4)5/h6-13,15-16H,14H2,1-5H3/t15-,16+/m1/s1. The Kier molecular flexibility index (Phi) is 5.45. The van der Waals surface area contributed by atoms with E-state index in [1.54, 1.807) is 0 Å². The molecule has 1 amide bonds. The fraction of sp³-hybridized carbons (Fsp3) is 0.375. The van der Waals surface area contributed by atoms with Gasteiger partial charge in [0.15, 0.2) is 0 Å². The zero-order valence-corrected chi connectivity index (χ0v) is 18.9. The van der Waals surface area contributed by atoms with Gasteiger partial charge in [-0.2, -0.15) is 0 Å². The molecule has 6 heteroatoms. The lowest BCUT2D eigenvalue weighted by Crippen LogP contribution is -2.40. The lowest BCUT2D eigenvalue weighted by molar-refractivity contribution is -0.118. The third-order valence-corrected chi connectivity index (χ3v) is 6.40. The molecule has 0 saturated carbocycles. The molecular formula is C24H27N3O2S. The second-order valence-electron chi connectivity index (χ2n) is 8.85. The summed E-state index contributed by atoms with van der Waals surface area (Å²) in [6.45, 7) is 10.5. The van der Waals surface area contributed by atoms with Gasteiger partial charge in [-0.1, -0.05) is 62.9 Å². The van der Waals surface area contributed by atoms with Crippen molar-refractivity contribution < 1.29 is 9.21 Å². The molecule has 30 heavy (non-hydrogen) atoms. The molecule has 5 nitrogen and oxygen atoms in total. The Hall–Kier alpha value is -2.60. The lowest BCUT2D eigenvalue weighted by atomic mass is 9.87. The topological polar surface area (TPSA) is 59.2 Å². The number of benzene rings is 2. The molecule has 0 fully saturated rings. The highest BCUT2D eigenvalue weighted by Crippen LogP contribution is 2.35.